The highest BCUT2D eigenvalue weighted by molar-refractivity contribution is 6.09. The van der Waals surface area contributed by atoms with E-state index in [1.54, 1.807) is 35.2 Å². The predicted molar refractivity (Wildman–Crippen MR) is 166 cm³/mol. The average molecular weight is 653 g/mol. The number of carbonyl (C=O) groups is 4. The van der Waals surface area contributed by atoms with Crippen molar-refractivity contribution >= 4 is 41.4 Å². The van der Waals surface area contributed by atoms with Crippen molar-refractivity contribution in [3.05, 3.63) is 100 Å². The number of carbonyl (C=O) groups excluding carboxylic acids is 2. The lowest BCUT2D eigenvalue weighted by atomic mass is 10.0. The third kappa shape index (κ3) is 8.34. The summed E-state index contributed by atoms with van der Waals surface area (Å²) in [7, 11) is 0. The summed E-state index contributed by atoms with van der Waals surface area (Å²) in [6.45, 7) is 1.80. The van der Waals surface area contributed by atoms with Gasteiger partial charge in [0.2, 0.25) is 5.91 Å². The molecule has 2 amide bonds. The fraction of sp³-hybridized carbons (Fsp3) is 0.242. The number of hydrogen-bond donors (Lipinski definition) is 4. The number of nitrogen functional groups attached to an aromatic ring is 1. The van der Waals surface area contributed by atoms with Gasteiger partial charge in [0.15, 0.2) is 0 Å². The molecule has 1 fully saturated rings. The Kier molecular flexibility index (Phi) is 10.3. The number of halogens is 3. The topological polar surface area (TPSA) is 174 Å². The zero-order valence-electron chi connectivity index (χ0n) is 25.1. The molecule has 1 aliphatic rings. The van der Waals surface area contributed by atoms with Gasteiger partial charge in [-0.1, -0.05) is 30.4 Å². The van der Waals surface area contributed by atoms with Crippen LogP contribution in [0.25, 0.3) is 6.08 Å². The first kappa shape index (κ1) is 34.2. The van der Waals surface area contributed by atoms with Crippen molar-refractivity contribution in [1.82, 2.24) is 4.90 Å². The number of ether oxygens (including phenoxy) is 1. The highest BCUT2D eigenvalue weighted by Gasteiger charge is 2.37. The second kappa shape index (κ2) is 14.2. The van der Waals surface area contributed by atoms with Crippen LogP contribution >= 0.6 is 0 Å². The molecule has 0 spiro atoms. The van der Waals surface area contributed by atoms with Crippen LogP contribution in [0.15, 0.2) is 66.7 Å². The van der Waals surface area contributed by atoms with Crippen molar-refractivity contribution < 1.29 is 47.3 Å². The van der Waals surface area contributed by atoms with Gasteiger partial charge in [0.05, 0.1) is 16.7 Å². The molecule has 3 aromatic rings. The maximum absolute atomic E-state index is 14.4. The Hall–Kier alpha value is -5.66. The molecule has 0 aromatic heterocycles. The van der Waals surface area contributed by atoms with E-state index in [0.29, 0.717) is 37.1 Å². The maximum atomic E-state index is 14.4. The third-order valence-corrected chi connectivity index (χ3v) is 7.53. The molecule has 0 saturated carbocycles. The van der Waals surface area contributed by atoms with Crippen molar-refractivity contribution in [2.45, 2.75) is 32.0 Å². The van der Waals surface area contributed by atoms with E-state index in [0.717, 1.165) is 35.2 Å². The van der Waals surface area contributed by atoms with Crippen LogP contribution in [0.4, 0.5) is 18.9 Å². The summed E-state index contributed by atoms with van der Waals surface area (Å²) in [5, 5.41) is 26.6. The monoisotopic (exact) mass is 652 g/mol. The van der Waals surface area contributed by atoms with Crippen molar-refractivity contribution in [1.29, 1.82) is 5.41 Å². The molecule has 0 atom stereocenters. The Labute approximate surface area is 267 Å². The highest BCUT2D eigenvalue weighted by Crippen LogP contribution is 2.40. The first-order valence-corrected chi connectivity index (χ1v) is 14.3. The van der Waals surface area contributed by atoms with Crippen LogP contribution in [0, 0.1) is 5.41 Å². The lowest BCUT2D eigenvalue weighted by molar-refractivity contribution is -0.139. The molecule has 0 aliphatic carbocycles. The second-order valence-electron chi connectivity index (χ2n) is 10.7. The average Bonchev–Trinajstić information content (AvgIpc) is 3.02. The number of amides is 2. The van der Waals surface area contributed by atoms with Gasteiger partial charge in [-0.3, -0.25) is 15.0 Å². The summed E-state index contributed by atoms with van der Waals surface area (Å²) in [5.41, 5.74) is 3.71. The van der Waals surface area contributed by atoms with Crippen LogP contribution in [-0.4, -0.2) is 70.4 Å². The van der Waals surface area contributed by atoms with Gasteiger partial charge in [0.1, 0.15) is 17.7 Å². The van der Waals surface area contributed by atoms with Gasteiger partial charge in [0, 0.05) is 56.2 Å². The van der Waals surface area contributed by atoms with E-state index < -0.39 is 52.6 Å². The van der Waals surface area contributed by atoms with E-state index >= 15 is 0 Å². The summed E-state index contributed by atoms with van der Waals surface area (Å²) in [5.74, 6) is -4.81. The highest BCUT2D eigenvalue weighted by atomic mass is 19.4. The lowest BCUT2D eigenvalue weighted by Crippen LogP contribution is -2.40. The number of anilines is 1. The molecular weight excluding hydrogens is 621 g/mol. The minimum atomic E-state index is -4.89. The number of benzene rings is 3. The zero-order chi connectivity index (χ0) is 34.5. The van der Waals surface area contributed by atoms with Crippen molar-refractivity contribution in [2.24, 2.45) is 5.73 Å². The normalized spacial score (nSPS) is 13.7. The Morgan fingerprint density at radius 3 is 2.26 bits per heavy atom. The van der Waals surface area contributed by atoms with Gasteiger partial charge in [-0.25, -0.2) is 9.59 Å². The van der Waals surface area contributed by atoms with Crippen molar-refractivity contribution in [3.8, 4) is 5.75 Å². The number of likely N-dealkylation sites (tertiary alicyclic amines) is 1. The maximum Gasteiger partial charge on any atom is 0.420 e. The number of nitrogens with zero attached hydrogens (tertiary/aromatic N) is 2. The fourth-order valence-corrected chi connectivity index (χ4v) is 5.08. The van der Waals surface area contributed by atoms with Crippen LogP contribution in [0.1, 0.15) is 67.5 Å². The number of hydrogen-bond acceptors (Lipinski definition) is 6. The molecule has 5 N–H and O–H groups in total. The van der Waals surface area contributed by atoms with Gasteiger partial charge in [-0.2, -0.15) is 13.2 Å². The van der Waals surface area contributed by atoms with Gasteiger partial charge in [-0.15, -0.1) is 0 Å². The number of amidine groups is 1. The van der Waals surface area contributed by atoms with E-state index in [4.69, 9.17) is 15.9 Å². The van der Waals surface area contributed by atoms with Crippen LogP contribution in [0.5, 0.6) is 5.75 Å². The lowest BCUT2D eigenvalue weighted by Gasteiger charge is -2.32. The van der Waals surface area contributed by atoms with Crippen LogP contribution in [0.2, 0.25) is 0 Å². The number of nitrogens with one attached hydrogen (secondary N) is 1. The molecule has 11 nitrogen and oxygen atoms in total. The molecule has 47 heavy (non-hydrogen) atoms. The molecule has 1 saturated heterocycles. The fourth-order valence-electron chi connectivity index (χ4n) is 5.08. The summed E-state index contributed by atoms with van der Waals surface area (Å²) < 4.78 is 48.9. The molecular formula is C33H31F3N4O7. The third-order valence-electron chi connectivity index (χ3n) is 7.53. The number of alkyl halides is 3. The summed E-state index contributed by atoms with van der Waals surface area (Å²) >= 11 is 0. The molecule has 3 aromatic carbocycles. The molecule has 246 valence electrons. The summed E-state index contributed by atoms with van der Waals surface area (Å²) in [6, 6.07) is 12.6. The first-order valence-electron chi connectivity index (χ1n) is 14.3. The van der Waals surface area contributed by atoms with Crippen molar-refractivity contribution in [2.75, 3.05) is 24.5 Å². The van der Waals surface area contributed by atoms with E-state index in [9.17, 15) is 42.6 Å². The molecule has 1 aliphatic heterocycles. The van der Waals surface area contributed by atoms with Gasteiger partial charge in [-0.05, 0) is 48.0 Å². The molecule has 14 heteroatoms. The number of carboxylic acid groups (broad SMARTS) is 2. The summed E-state index contributed by atoms with van der Waals surface area (Å²) in [4.78, 5) is 51.3. The Bertz CT molecular complexity index is 1750. The quantitative estimate of drug-likeness (QED) is 0.172. The first-order chi connectivity index (χ1) is 22.1. The largest absolute Gasteiger partial charge is 0.490 e. The van der Waals surface area contributed by atoms with E-state index in [2.05, 4.69) is 0 Å². The number of rotatable bonds is 10. The minimum absolute atomic E-state index is 0.137. The van der Waals surface area contributed by atoms with Crippen LogP contribution in [0.3, 0.4) is 0 Å². The smallest absolute Gasteiger partial charge is 0.420 e. The number of carboxylic acids is 2. The van der Waals surface area contributed by atoms with E-state index in [1.807, 2.05) is 0 Å². The Balaban J connectivity index is 1.73. The summed E-state index contributed by atoms with van der Waals surface area (Å²) in [6.07, 6.45) is -1.75. The van der Waals surface area contributed by atoms with Crippen molar-refractivity contribution in [3.63, 3.8) is 0 Å². The number of nitrogens with two attached hydrogens (primary N) is 1. The molecule has 0 unspecified atom stereocenters. The SMILES string of the molecule is CC(=O)N1CCC(Oc2ccc(N(CC=Cc3cccc(C(=N)N)c3)C(=O)c3ccc(C(=O)O)c(C(=O)O)c3)cc2C(F)(F)F)CC1. The number of piperidine rings is 1. The Morgan fingerprint density at radius 1 is 0.979 bits per heavy atom. The Morgan fingerprint density at radius 2 is 1.66 bits per heavy atom. The number of aromatic carboxylic acids is 2. The molecule has 1 heterocycles. The van der Waals surface area contributed by atoms with Gasteiger partial charge >= 0.3 is 18.1 Å². The van der Waals surface area contributed by atoms with Crippen LogP contribution in [-0.2, 0) is 11.0 Å². The zero-order valence-corrected chi connectivity index (χ0v) is 25.1. The second-order valence-corrected chi connectivity index (χ2v) is 10.7. The van der Waals surface area contributed by atoms with E-state index in [1.165, 1.54) is 19.1 Å². The molecule has 4 rings (SSSR count). The molecule has 0 radical (unpaired) electrons. The van der Waals surface area contributed by atoms with Crippen LogP contribution < -0.4 is 15.4 Å². The predicted octanol–water partition coefficient (Wildman–Crippen LogP) is 5.14. The minimum Gasteiger partial charge on any atom is -0.490 e. The van der Waals surface area contributed by atoms with Gasteiger partial charge < -0.3 is 30.5 Å². The van der Waals surface area contributed by atoms with E-state index in [-0.39, 0.29) is 29.5 Å². The molecule has 0 bridgehead atoms. The van der Waals surface area contributed by atoms with Gasteiger partial charge in [0.25, 0.3) is 5.91 Å². The standard InChI is InChI=1S/C33H31F3N4O7/c1-19(41)39-14-11-24(12-15-39)47-28-10-8-23(18-27(28)33(34,35)36)40(13-3-5-20-4-2-6-21(16-20)29(37)38)30(42)22-7-9-25(31(43)44)26(17-22)32(45)46/h2-10,16-18,24H,11-15H2,1H3,(H3,37,38)(H,43,44)(H,45,46).